The Morgan fingerprint density at radius 3 is 2.29 bits per heavy atom. The predicted molar refractivity (Wildman–Crippen MR) is 129 cm³/mol. The molecule has 0 aliphatic carbocycles. The molecular formula is C24H27N3O6S. The number of hydrogen-bond donors (Lipinski definition) is 0. The number of nitrogens with zero attached hydrogens (tertiary/aromatic N) is 3. The predicted octanol–water partition coefficient (Wildman–Crippen LogP) is 3.08. The fourth-order valence-corrected chi connectivity index (χ4v) is 4.86. The van der Waals surface area contributed by atoms with Gasteiger partial charge in [0.2, 0.25) is 0 Å². The maximum atomic E-state index is 13.6. The fourth-order valence-electron chi connectivity index (χ4n) is 3.76. The summed E-state index contributed by atoms with van der Waals surface area (Å²) >= 11 is 1.38. The second-order valence-electron chi connectivity index (χ2n) is 7.62. The minimum atomic E-state index is -0.450. The molecule has 10 heteroatoms. The van der Waals surface area contributed by atoms with Crippen molar-refractivity contribution in [3.63, 3.8) is 0 Å². The molecule has 180 valence electrons. The van der Waals surface area contributed by atoms with Gasteiger partial charge < -0.3 is 18.9 Å². The molecule has 1 aromatic heterocycles. The van der Waals surface area contributed by atoms with E-state index >= 15 is 0 Å². The Kier molecular flexibility index (Phi) is 7.61. The van der Waals surface area contributed by atoms with Gasteiger partial charge in [-0.05, 0) is 36.4 Å². The van der Waals surface area contributed by atoms with Crippen LogP contribution in [0.15, 0.2) is 36.4 Å². The summed E-state index contributed by atoms with van der Waals surface area (Å²) in [6.45, 7) is 4.12. The molecule has 0 saturated carbocycles. The molecule has 0 atom stereocenters. The molecule has 1 aliphatic rings. The van der Waals surface area contributed by atoms with Crippen LogP contribution in [0.25, 0.3) is 10.2 Å². The Morgan fingerprint density at radius 2 is 1.65 bits per heavy atom. The number of morpholine rings is 1. The Labute approximate surface area is 201 Å². The van der Waals surface area contributed by atoms with Crippen LogP contribution in [0.1, 0.15) is 20.7 Å². The summed E-state index contributed by atoms with van der Waals surface area (Å²) < 4.78 is 22.0. The van der Waals surface area contributed by atoms with Gasteiger partial charge in [0.1, 0.15) is 21.7 Å². The lowest BCUT2D eigenvalue weighted by molar-refractivity contribution is 0.0391. The molecule has 34 heavy (non-hydrogen) atoms. The number of hydrogen-bond acceptors (Lipinski definition) is 9. The number of carbonyl (C=O) groups is 2. The third kappa shape index (κ3) is 4.98. The number of aromatic nitrogens is 1. The first-order chi connectivity index (χ1) is 16.5. The number of amides is 1. The first kappa shape index (κ1) is 23.9. The molecule has 4 rings (SSSR count). The van der Waals surface area contributed by atoms with E-state index in [1.54, 1.807) is 49.5 Å². The number of ether oxygens (including phenoxy) is 4. The van der Waals surface area contributed by atoms with Crippen LogP contribution in [0, 0.1) is 0 Å². The van der Waals surface area contributed by atoms with Gasteiger partial charge in [0.25, 0.3) is 5.91 Å². The SMILES string of the molecule is COC(=O)c1ccc(C(=O)N(CCN2CCOCC2)c2nc3c(OC)ccc(OC)c3s2)cc1. The van der Waals surface area contributed by atoms with Gasteiger partial charge in [-0.1, -0.05) is 11.3 Å². The molecule has 0 unspecified atom stereocenters. The number of esters is 1. The number of methoxy groups -OCH3 is 3. The van der Waals surface area contributed by atoms with Gasteiger partial charge in [0.15, 0.2) is 5.13 Å². The van der Waals surface area contributed by atoms with Crippen molar-refractivity contribution < 1.29 is 28.5 Å². The molecule has 2 aromatic carbocycles. The lowest BCUT2D eigenvalue weighted by Gasteiger charge is -2.29. The highest BCUT2D eigenvalue weighted by Gasteiger charge is 2.25. The molecule has 1 saturated heterocycles. The molecule has 9 nitrogen and oxygen atoms in total. The highest BCUT2D eigenvalue weighted by Crippen LogP contribution is 2.40. The molecule has 3 aromatic rings. The van der Waals surface area contributed by atoms with Crippen LogP contribution >= 0.6 is 11.3 Å². The summed E-state index contributed by atoms with van der Waals surface area (Å²) in [6, 6.07) is 10.1. The fraction of sp³-hybridized carbons (Fsp3) is 0.375. The van der Waals surface area contributed by atoms with Crippen molar-refractivity contribution in [1.82, 2.24) is 9.88 Å². The van der Waals surface area contributed by atoms with Gasteiger partial charge in [-0.25, -0.2) is 9.78 Å². The second kappa shape index (κ2) is 10.8. The molecule has 2 heterocycles. The lowest BCUT2D eigenvalue weighted by Crippen LogP contribution is -2.43. The zero-order valence-electron chi connectivity index (χ0n) is 19.4. The maximum absolute atomic E-state index is 13.6. The summed E-state index contributed by atoms with van der Waals surface area (Å²) in [5.74, 6) is 0.624. The zero-order valence-corrected chi connectivity index (χ0v) is 20.2. The Bertz CT molecular complexity index is 1120. The first-order valence-corrected chi connectivity index (χ1v) is 11.7. The van der Waals surface area contributed by atoms with Gasteiger partial charge in [0, 0.05) is 31.7 Å². The standard InChI is InChI=1S/C24H27N3O6S/c1-30-18-8-9-19(31-2)21-20(18)25-24(34-21)27(11-10-26-12-14-33-15-13-26)22(28)16-4-6-17(7-5-16)23(29)32-3/h4-9H,10-15H2,1-3H3. The van der Waals surface area contributed by atoms with Crippen molar-refractivity contribution in [2.75, 3.05) is 65.6 Å². The maximum Gasteiger partial charge on any atom is 0.337 e. The van der Waals surface area contributed by atoms with E-state index in [1.807, 2.05) is 6.07 Å². The highest BCUT2D eigenvalue weighted by atomic mass is 32.1. The van der Waals surface area contributed by atoms with E-state index in [0.717, 1.165) is 17.8 Å². The van der Waals surface area contributed by atoms with Crippen LogP contribution in [-0.4, -0.2) is 82.5 Å². The largest absolute Gasteiger partial charge is 0.495 e. The number of thiazole rings is 1. The van der Waals surface area contributed by atoms with Crippen molar-refractivity contribution in [3.8, 4) is 11.5 Å². The van der Waals surface area contributed by atoms with Gasteiger partial charge in [-0.2, -0.15) is 0 Å². The smallest absolute Gasteiger partial charge is 0.337 e. The van der Waals surface area contributed by atoms with Crippen LogP contribution in [-0.2, 0) is 9.47 Å². The minimum absolute atomic E-state index is 0.207. The Morgan fingerprint density at radius 1 is 1.00 bits per heavy atom. The van der Waals surface area contributed by atoms with Crippen LogP contribution < -0.4 is 14.4 Å². The molecule has 0 bridgehead atoms. The zero-order chi connectivity index (χ0) is 24.1. The Balaban J connectivity index is 1.69. The average Bonchev–Trinajstić information content (AvgIpc) is 3.33. The number of rotatable bonds is 8. The Hall–Kier alpha value is -3.21. The summed E-state index contributed by atoms with van der Waals surface area (Å²) in [4.78, 5) is 34.1. The molecule has 1 amide bonds. The highest BCUT2D eigenvalue weighted by molar-refractivity contribution is 7.22. The molecule has 0 radical (unpaired) electrons. The molecule has 1 aliphatic heterocycles. The molecule has 1 fully saturated rings. The molecular weight excluding hydrogens is 458 g/mol. The van der Waals surface area contributed by atoms with Gasteiger partial charge in [-0.3, -0.25) is 14.6 Å². The third-order valence-corrected chi connectivity index (χ3v) is 6.76. The van der Waals surface area contributed by atoms with Crippen molar-refractivity contribution in [2.24, 2.45) is 0 Å². The van der Waals surface area contributed by atoms with E-state index in [-0.39, 0.29) is 5.91 Å². The van der Waals surface area contributed by atoms with E-state index in [2.05, 4.69) is 4.90 Å². The topological polar surface area (TPSA) is 90.4 Å². The molecule has 0 spiro atoms. The van der Waals surface area contributed by atoms with Crippen LogP contribution in [0.5, 0.6) is 11.5 Å². The summed E-state index contributed by atoms with van der Waals surface area (Å²) in [5, 5.41) is 0.549. The van der Waals surface area contributed by atoms with E-state index in [0.29, 0.717) is 59.6 Å². The molecule has 0 N–H and O–H groups in total. The van der Waals surface area contributed by atoms with E-state index in [4.69, 9.17) is 23.9 Å². The first-order valence-electron chi connectivity index (χ1n) is 10.9. The van der Waals surface area contributed by atoms with Gasteiger partial charge in [0.05, 0.1) is 40.1 Å². The second-order valence-corrected chi connectivity index (χ2v) is 8.60. The van der Waals surface area contributed by atoms with Gasteiger partial charge >= 0.3 is 5.97 Å². The summed E-state index contributed by atoms with van der Waals surface area (Å²) in [7, 11) is 4.51. The van der Waals surface area contributed by atoms with E-state index < -0.39 is 5.97 Å². The summed E-state index contributed by atoms with van der Waals surface area (Å²) in [5.41, 5.74) is 1.48. The normalized spacial score (nSPS) is 14.1. The van der Waals surface area contributed by atoms with Crippen molar-refractivity contribution in [1.29, 1.82) is 0 Å². The third-order valence-electron chi connectivity index (χ3n) is 5.67. The summed E-state index contributed by atoms with van der Waals surface area (Å²) in [6.07, 6.45) is 0. The number of anilines is 1. The van der Waals surface area contributed by atoms with Crippen molar-refractivity contribution in [2.45, 2.75) is 0 Å². The average molecular weight is 486 g/mol. The number of benzene rings is 2. The van der Waals surface area contributed by atoms with E-state index in [1.165, 1.54) is 18.4 Å². The van der Waals surface area contributed by atoms with Crippen molar-refractivity contribution >= 4 is 38.6 Å². The lowest BCUT2D eigenvalue weighted by atomic mass is 10.1. The minimum Gasteiger partial charge on any atom is -0.495 e. The van der Waals surface area contributed by atoms with Gasteiger partial charge in [-0.15, -0.1) is 0 Å². The van der Waals surface area contributed by atoms with E-state index in [9.17, 15) is 9.59 Å². The number of fused-ring (bicyclic) bond motifs is 1. The monoisotopic (exact) mass is 485 g/mol. The number of carbonyl (C=O) groups excluding carboxylic acids is 2. The van der Waals surface area contributed by atoms with Crippen LogP contribution in [0.2, 0.25) is 0 Å². The van der Waals surface area contributed by atoms with Crippen LogP contribution in [0.4, 0.5) is 5.13 Å². The van der Waals surface area contributed by atoms with Crippen LogP contribution in [0.3, 0.4) is 0 Å². The quantitative estimate of drug-likeness (QED) is 0.450. The van der Waals surface area contributed by atoms with Crippen molar-refractivity contribution in [3.05, 3.63) is 47.5 Å².